The average molecular weight is 241 g/mol. The molecule has 0 unspecified atom stereocenters. The second-order valence-electron chi connectivity index (χ2n) is 4.27. The maximum atomic E-state index is 11.4. The van der Waals surface area contributed by atoms with Gasteiger partial charge < -0.3 is 5.73 Å². The van der Waals surface area contributed by atoms with Gasteiger partial charge in [-0.25, -0.2) is 13.1 Å². The van der Waals surface area contributed by atoms with E-state index in [0.717, 1.165) is 25.7 Å². The summed E-state index contributed by atoms with van der Waals surface area (Å²) in [7, 11) is -3.01. The van der Waals surface area contributed by atoms with E-state index in [9.17, 15) is 8.42 Å². The first-order valence-electron chi connectivity index (χ1n) is 4.81. The molecule has 0 aliphatic heterocycles. The van der Waals surface area contributed by atoms with Gasteiger partial charge >= 0.3 is 0 Å². The molecule has 0 aromatic rings. The number of nitrogens with one attached hydrogen (secondary N) is 1. The largest absolute Gasteiger partial charge is 0.328 e. The van der Waals surface area contributed by atoms with Crippen molar-refractivity contribution < 1.29 is 8.42 Å². The number of halogens is 1. The van der Waals surface area contributed by atoms with Crippen molar-refractivity contribution in [1.82, 2.24) is 4.72 Å². The van der Waals surface area contributed by atoms with E-state index >= 15 is 0 Å². The van der Waals surface area contributed by atoms with Gasteiger partial charge in [-0.2, -0.15) is 0 Å². The van der Waals surface area contributed by atoms with Crippen LogP contribution >= 0.6 is 12.4 Å². The van der Waals surface area contributed by atoms with Crippen molar-refractivity contribution in [3.05, 3.63) is 0 Å². The lowest BCUT2D eigenvalue weighted by Gasteiger charge is -2.32. The van der Waals surface area contributed by atoms with Crippen LogP contribution in [0.2, 0.25) is 0 Å². The molecule has 0 bridgehead atoms. The highest BCUT2D eigenvalue weighted by Crippen LogP contribution is 2.30. The summed E-state index contributed by atoms with van der Waals surface area (Å²) in [6, 6.07) is 0.312. The lowest BCUT2D eigenvalue weighted by Crippen LogP contribution is -2.50. The van der Waals surface area contributed by atoms with Crippen LogP contribution in [-0.4, -0.2) is 26.3 Å². The lowest BCUT2D eigenvalue weighted by atomic mass is 9.89. The molecule has 6 heteroatoms. The fraction of sp³-hybridized carbons (Fsp3) is 1.00. The van der Waals surface area contributed by atoms with Crippen molar-refractivity contribution in [1.29, 1.82) is 0 Å². The molecule has 2 aliphatic carbocycles. The molecule has 0 spiro atoms. The highest BCUT2D eigenvalue weighted by atomic mass is 35.5. The van der Waals surface area contributed by atoms with E-state index in [1.807, 2.05) is 0 Å². The van der Waals surface area contributed by atoms with Gasteiger partial charge in [0.05, 0.1) is 5.75 Å². The second kappa shape index (κ2) is 4.35. The van der Waals surface area contributed by atoms with Gasteiger partial charge in [-0.3, -0.25) is 0 Å². The van der Waals surface area contributed by atoms with E-state index in [1.165, 1.54) is 0 Å². The third kappa shape index (κ3) is 3.38. The van der Waals surface area contributed by atoms with Gasteiger partial charge in [0, 0.05) is 12.1 Å². The molecular weight excluding hydrogens is 224 g/mol. The maximum absolute atomic E-state index is 11.4. The molecule has 0 aromatic carbocycles. The van der Waals surface area contributed by atoms with Crippen molar-refractivity contribution in [2.24, 2.45) is 11.7 Å². The van der Waals surface area contributed by atoms with Gasteiger partial charge in [-0.05, 0) is 31.6 Å². The van der Waals surface area contributed by atoms with Gasteiger partial charge in [0.1, 0.15) is 0 Å². The lowest BCUT2D eigenvalue weighted by molar-refractivity contribution is 0.327. The number of nitrogens with two attached hydrogens (primary N) is 1. The number of rotatable bonds is 4. The van der Waals surface area contributed by atoms with Crippen LogP contribution in [0.1, 0.15) is 25.7 Å². The van der Waals surface area contributed by atoms with Crippen molar-refractivity contribution in [2.75, 3.05) is 5.75 Å². The van der Waals surface area contributed by atoms with Crippen molar-refractivity contribution in [3.8, 4) is 0 Å². The molecule has 2 fully saturated rings. The van der Waals surface area contributed by atoms with Crippen molar-refractivity contribution >= 4 is 22.4 Å². The molecular formula is C8H17ClN2O2S. The Kier molecular flexibility index (Phi) is 3.80. The minimum absolute atomic E-state index is 0. The van der Waals surface area contributed by atoms with Crippen LogP contribution in [0.15, 0.2) is 0 Å². The predicted molar refractivity (Wildman–Crippen MR) is 57.9 cm³/mol. The average Bonchev–Trinajstić information content (AvgIpc) is 2.66. The molecule has 0 aromatic heterocycles. The first-order chi connectivity index (χ1) is 6.05. The second-order valence-corrected chi connectivity index (χ2v) is 6.07. The molecule has 0 saturated heterocycles. The van der Waals surface area contributed by atoms with E-state index in [0.29, 0.717) is 11.7 Å². The number of hydrogen-bond acceptors (Lipinski definition) is 3. The molecule has 0 amide bonds. The standard InChI is InChI=1S/C8H16N2O2S.ClH/c9-7-3-8(4-7)10-13(11,12)5-6-1-2-6;/h6-8,10H,1-5,9H2;1H. The van der Waals surface area contributed by atoms with E-state index in [-0.39, 0.29) is 24.5 Å². The van der Waals surface area contributed by atoms with Gasteiger partial charge in [-0.15, -0.1) is 12.4 Å². The summed E-state index contributed by atoms with van der Waals surface area (Å²) in [5.41, 5.74) is 5.57. The molecule has 0 atom stereocenters. The Hall–Kier alpha value is 0.160. The van der Waals surface area contributed by atoms with E-state index < -0.39 is 10.0 Å². The van der Waals surface area contributed by atoms with Crippen LogP contribution in [0.5, 0.6) is 0 Å². The van der Waals surface area contributed by atoms with Gasteiger partial charge in [0.15, 0.2) is 0 Å². The Balaban J connectivity index is 0.000000980. The molecule has 14 heavy (non-hydrogen) atoms. The fourth-order valence-corrected chi connectivity index (χ4v) is 3.41. The third-order valence-electron chi connectivity index (χ3n) is 2.67. The Labute approximate surface area is 91.1 Å². The monoisotopic (exact) mass is 240 g/mol. The van der Waals surface area contributed by atoms with Crippen LogP contribution in [0.25, 0.3) is 0 Å². The van der Waals surface area contributed by atoms with Gasteiger partial charge in [0.25, 0.3) is 0 Å². The highest BCUT2D eigenvalue weighted by Gasteiger charge is 2.33. The zero-order chi connectivity index (χ0) is 9.47. The minimum atomic E-state index is -3.01. The van der Waals surface area contributed by atoms with Crippen molar-refractivity contribution in [2.45, 2.75) is 37.8 Å². The highest BCUT2D eigenvalue weighted by molar-refractivity contribution is 7.89. The van der Waals surface area contributed by atoms with Crippen LogP contribution in [0.4, 0.5) is 0 Å². The SMILES string of the molecule is Cl.NC1CC(NS(=O)(=O)CC2CC2)C1. The smallest absolute Gasteiger partial charge is 0.212 e. The Morgan fingerprint density at radius 3 is 2.29 bits per heavy atom. The van der Waals surface area contributed by atoms with Crippen molar-refractivity contribution in [3.63, 3.8) is 0 Å². The molecule has 2 saturated carbocycles. The summed E-state index contributed by atoms with van der Waals surface area (Å²) in [4.78, 5) is 0. The van der Waals surface area contributed by atoms with Gasteiger partial charge in [-0.1, -0.05) is 0 Å². The zero-order valence-corrected chi connectivity index (χ0v) is 9.61. The Morgan fingerprint density at radius 2 is 1.86 bits per heavy atom. The number of sulfonamides is 1. The van der Waals surface area contributed by atoms with E-state index in [1.54, 1.807) is 0 Å². The maximum Gasteiger partial charge on any atom is 0.212 e. The summed E-state index contributed by atoms with van der Waals surface area (Å²) in [5.74, 6) is 0.741. The van der Waals surface area contributed by atoms with Crippen LogP contribution < -0.4 is 10.5 Å². The summed E-state index contributed by atoms with van der Waals surface area (Å²) < 4.78 is 25.6. The third-order valence-corrected chi connectivity index (χ3v) is 4.28. The number of hydrogen-bond donors (Lipinski definition) is 2. The van der Waals surface area contributed by atoms with E-state index in [4.69, 9.17) is 5.73 Å². The normalized spacial score (nSPS) is 31.8. The Morgan fingerprint density at radius 1 is 1.29 bits per heavy atom. The minimum Gasteiger partial charge on any atom is -0.328 e. The van der Waals surface area contributed by atoms with E-state index in [2.05, 4.69) is 4.72 Å². The molecule has 2 rings (SSSR count). The summed E-state index contributed by atoms with van der Waals surface area (Å²) in [6.07, 6.45) is 3.74. The quantitative estimate of drug-likeness (QED) is 0.739. The summed E-state index contributed by atoms with van der Waals surface area (Å²) in [6.45, 7) is 0. The van der Waals surface area contributed by atoms with Crippen LogP contribution in [-0.2, 0) is 10.0 Å². The predicted octanol–water partition coefficient (Wildman–Crippen LogP) is 0.227. The topological polar surface area (TPSA) is 72.2 Å². The molecule has 3 N–H and O–H groups in total. The Bertz CT molecular complexity index is 284. The molecule has 0 heterocycles. The zero-order valence-electron chi connectivity index (χ0n) is 7.98. The fourth-order valence-electron chi connectivity index (χ4n) is 1.65. The molecule has 84 valence electrons. The summed E-state index contributed by atoms with van der Waals surface area (Å²) in [5, 5.41) is 0. The molecule has 4 nitrogen and oxygen atoms in total. The first kappa shape index (κ1) is 12.2. The van der Waals surface area contributed by atoms with Crippen LogP contribution in [0.3, 0.4) is 0 Å². The molecule has 0 radical (unpaired) electrons. The van der Waals surface area contributed by atoms with Crippen LogP contribution in [0, 0.1) is 5.92 Å². The first-order valence-corrected chi connectivity index (χ1v) is 6.46. The molecule has 2 aliphatic rings. The summed E-state index contributed by atoms with van der Waals surface area (Å²) >= 11 is 0. The van der Waals surface area contributed by atoms with Gasteiger partial charge in [0.2, 0.25) is 10.0 Å².